The molecular weight excluding hydrogens is 246 g/mol. The monoisotopic (exact) mass is 265 g/mol. The molecule has 1 atom stereocenters. The average Bonchev–Trinajstić information content (AvgIpc) is 3.06. The smallest absolute Gasteiger partial charge is 0.231 e. The third-order valence-electron chi connectivity index (χ3n) is 3.30. The zero-order valence-corrected chi connectivity index (χ0v) is 11.1. The summed E-state index contributed by atoms with van der Waals surface area (Å²) in [5.41, 5.74) is 1.10. The Hall–Kier alpha value is -1.46. The van der Waals surface area contributed by atoms with Crippen LogP contribution in [0.15, 0.2) is 12.1 Å². The van der Waals surface area contributed by atoms with E-state index in [1.165, 1.54) is 0 Å². The third kappa shape index (κ3) is 2.77. The lowest BCUT2D eigenvalue weighted by Crippen LogP contribution is -2.18. The van der Waals surface area contributed by atoms with Gasteiger partial charge in [-0.15, -0.1) is 0 Å². The van der Waals surface area contributed by atoms with Crippen molar-refractivity contribution in [3.05, 3.63) is 17.7 Å². The average molecular weight is 265 g/mol. The number of nitrogens with one attached hydrogen (secondary N) is 1. The van der Waals surface area contributed by atoms with Crippen molar-refractivity contribution in [1.29, 1.82) is 0 Å². The van der Waals surface area contributed by atoms with Gasteiger partial charge in [0.2, 0.25) is 6.79 Å². The maximum Gasteiger partial charge on any atom is 0.231 e. The minimum absolute atomic E-state index is 0.140. The molecule has 5 heteroatoms. The van der Waals surface area contributed by atoms with Gasteiger partial charge in [0, 0.05) is 24.6 Å². The summed E-state index contributed by atoms with van der Waals surface area (Å²) < 4.78 is 22.2. The second-order valence-corrected chi connectivity index (χ2v) is 4.70. The van der Waals surface area contributed by atoms with Crippen molar-refractivity contribution in [3.63, 3.8) is 0 Å². The van der Waals surface area contributed by atoms with Gasteiger partial charge in [-0.3, -0.25) is 0 Å². The predicted octanol–water partition coefficient (Wildman–Crippen LogP) is 1.69. The fourth-order valence-electron chi connectivity index (χ4n) is 2.26. The van der Waals surface area contributed by atoms with Crippen LogP contribution >= 0.6 is 0 Å². The summed E-state index contributed by atoms with van der Waals surface area (Å²) in [6.45, 7) is 5.48. The highest BCUT2D eigenvalue weighted by Crippen LogP contribution is 2.38. The van der Waals surface area contributed by atoms with E-state index in [9.17, 15) is 0 Å². The molecule has 0 bridgehead atoms. The summed E-state index contributed by atoms with van der Waals surface area (Å²) in [5.74, 6) is 2.41. The highest BCUT2D eigenvalue weighted by atomic mass is 16.7. The molecule has 19 heavy (non-hydrogen) atoms. The van der Waals surface area contributed by atoms with Gasteiger partial charge in [-0.1, -0.05) is 6.92 Å². The summed E-state index contributed by atoms with van der Waals surface area (Å²) in [7, 11) is 0. The van der Waals surface area contributed by atoms with E-state index >= 15 is 0 Å². The molecule has 0 spiro atoms. The first-order chi connectivity index (χ1) is 9.36. The maximum absolute atomic E-state index is 6.03. The van der Waals surface area contributed by atoms with E-state index in [-0.39, 0.29) is 12.9 Å². The summed E-state index contributed by atoms with van der Waals surface area (Å²) in [6.07, 6.45) is 1.08. The van der Waals surface area contributed by atoms with Gasteiger partial charge in [0.05, 0.1) is 13.2 Å². The van der Waals surface area contributed by atoms with Crippen LogP contribution in [0.5, 0.6) is 17.2 Å². The quantitative estimate of drug-likeness (QED) is 0.878. The first-order valence-corrected chi connectivity index (χ1v) is 6.74. The predicted molar refractivity (Wildman–Crippen MR) is 69.8 cm³/mol. The molecule has 1 saturated heterocycles. The Kier molecular flexibility index (Phi) is 3.75. The SMILES string of the molecule is CCNCc1cc2c(cc1OC1CCOC1)OCO2. The van der Waals surface area contributed by atoms with Crippen LogP contribution < -0.4 is 19.5 Å². The Labute approximate surface area is 112 Å². The Morgan fingerprint density at radius 3 is 2.89 bits per heavy atom. The van der Waals surface area contributed by atoms with Crippen LogP contribution in [0.4, 0.5) is 0 Å². The molecule has 5 nitrogen and oxygen atoms in total. The van der Waals surface area contributed by atoms with E-state index in [0.29, 0.717) is 6.61 Å². The number of fused-ring (bicyclic) bond motifs is 1. The van der Waals surface area contributed by atoms with Crippen LogP contribution in [-0.2, 0) is 11.3 Å². The van der Waals surface area contributed by atoms with E-state index in [1.54, 1.807) is 0 Å². The van der Waals surface area contributed by atoms with Gasteiger partial charge in [0.25, 0.3) is 0 Å². The first kappa shape index (κ1) is 12.6. The molecular formula is C14H19NO4. The van der Waals surface area contributed by atoms with Gasteiger partial charge < -0.3 is 24.3 Å². The van der Waals surface area contributed by atoms with Gasteiger partial charge >= 0.3 is 0 Å². The maximum atomic E-state index is 6.03. The normalized spacial score (nSPS) is 20.8. The molecule has 0 radical (unpaired) electrons. The first-order valence-electron chi connectivity index (χ1n) is 6.74. The molecule has 0 saturated carbocycles. The second kappa shape index (κ2) is 5.67. The summed E-state index contributed by atoms with van der Waals surface area (Å²) in [5, 5.41) is 3.31. The van der Waals surface area contributed by atoms with Crippen molar-refractivity contribution in [2.75, 3.05) is 26.6 Å². The van der Waals surface area contributed by atoms with Gasteiger partial charge in [-0.25, -0.2) is 0 Å². The van der Waals surface area contributed by atoms with Crippen molar-refractivity contribution in [1.82, 2.24) is 5.32 Å². The molecule has 1 aromatic rings. The van der Waals surface area contributed by atoms with E-state index < -0.39 is 0 Å². The van der Waals surface area contributed by atoms with Crippen LogP contribution in [0.1, 0.15) is 18.9 Å². The fourth-order valence-corrected chi connectivity index (χ4v) is 2.26. The molecule has 3 rings (SSSR count). The standard InChI is InChI=1S/C14H19NO4/c1-2-15-7-10-5-13-14(18-9-17-13)6-12(10)19-11-3-4-16-8-11/h5-6,11,15H,2-4,7-9H2,1H3. The van der Waals surface area contributed by atoms with Gasteiger partial charge in [-0.05, 0) is 12.6 Å². The van der Waals surface area contributed by atoms with E-state index in [1.807, 2.05) is 12.1 Å². The number of hydrogen-bond acceptors (Lipinski definition) is 5. The molecule has 1 aromatic carbocycles. The lowest BCUT2D eigenvalue weighted by atomic mass is 10.1. The summed E-state index contributed by atoms with van der Waals surface area (Å²) in [6, 6.07) is 3.92. The minimum Gasteiger partial charge on any atom is -0.487 e. The van der Waals surface area contributed by atoms with Crippen molar-refractivity contribution in [2.24, 2.45) is 0 Å². The zero-order chi connectivity index (χ0) is 13.1. The Morgan fingerprint density at radius 1 is 1.32 bits per heavy atom. The second-order valence-electron chi connectivity index (χ2n) is 4.70. The summed E-state index contributed by atoms with van der Waals surface area (Å²) in [4.78, 5) is 0. The van der Waals surface area contributed by atoms with Crippen LogP contribution in [0.25, 0.3) is 0 Å². The van der Waals surface area contributed by atoms with Crippen LogP contribution in [0.3, 0.4) is 0 Å². The zero-order valence-electron chi connectivity index (χ0n) is 11.1. The van der Waals surface area contributed by atoms with Crippen molar-refractivity contribution < 1.29 is 18.9 Å². The third-order valence-corrected chi connectivity index (χ3v) is 3.30. The van der Waals surface area contributed by atoms with Crippen molar-refractivity contribution in [3.8, 4) is 17.2 Å². The van der Waals surface area contributed by atoms with Crippen LogP contribution in [0, 0.1) is 0 Å². The molecule has 1 N–H and O–H groups in total. The van der Waals surface area contributed by atoms with Gasteiger partial charge in [0.15, 0.2) is 11.5 Å². The lowest BCUT2D eigenvalue weighted by molar-refractivity contribution is 0.140. The number of ether oxygens (including phenoxy) is 4. The molecule has 0 aliphatic carbocycles. The topological polar surface area (TPSA) is 49.0 Å². The highest BCUT2D eigenvalue weighted by Gasteiger charge is 2.22. The van der Waals surface area contributed by atoms with Gasteiger partial charge in [0.1, 0.15) is 11.9 Å². The largest absolute Gasteiger partial charge is 0.487 e. The molecule has 104 valence electrons. The molecule has 2 heterocycles. The van der Waals surface area contributed by atoms with Crippen LogP contribution in [0.2, 0.25) is 0 Å². The number of rotatable bonds is 5. The molecule has 1 fully saturated rings. The molecule has 2 aliphatic heterocycles. The number of hydrogen-bond donors (Lipinski definition) is 1. The van der Waals surface area contributed by atoms with E-state index in [4.69, 9.17) is 18.9 Å². The van der Waals surface area contributed by atoms with Crippen LogP contribution in [-0.4, -0.2) is 32.7 Å². The fraction of sp³-hybridized carbons (Fsp3) is 0.571. The molecule has 2 aliphatic rings. The Bertz CT molecular complexity index is 443. The Morgan fingerprint density at radius 2 is 2.16 bits per heavy atom. The number of benzene rings is 1. The van der Waals surface area contributed by atoms with Crippen molar-refractivity contribution in [2.45, 2.75) is 26.0 Å². The minimum atomic E-state index is 0.140. The van der Waals surface area contributed by atoms with Gasteiger partial charge in [-0.2, -0.15) is 0 Å². The van der Waals surface area contributed by atoms with E-state index in [2.05, 4.69) is 12.2 Å². The molecule has 0 aromatic heterocycles. The summed E-state index contributed by atoms with van der Waals surface area (Å²) >= 11 is 0. The molecule has 1 unspecified atom stereocenters. The highest BCUT2D eigenvalue weighted by molar-refractivity contribution is 5.51. The molecule has 0 amide bonds. The van der Waals surface area contributed by atoms with Crippen molar-refractivity contribution >= 4 is 0 Å². The van der Waals surface area contributed by atoms with E-state index in [0.717, 1.165) is 48.9 Å². The Balaban J connectivity index is 1.81. The lowest BCUT2D eigenvalue weighted by Gasteiger charge is -2.16.